The Morgan fingerprint density at radius 3 is 2.58 bits per heavy atom. The largest absolute Gasteiger partial charge is 0.379 e. The van der Waals surface area contributed by atoms with E-state index in [9.17, 15) is 9.59 Å². The van der Waals surface area contributed by atoms with Gasteiger partial charge in [-0.05, 0) is 32.9 Å². The highest BCUT2D eigenvalue weighted by Crippen LogP contribution is 2.20. The summed E-state index contributed by atoms with van der Waals surface area (Å²) in [4.78, 5) is 28.2. The van der Waals surface area contributed by atoms with Crippen molar-refractivity contribution in [1.82, 2.24) is 29.8 Å². The number of carbonyl (C=O) groups is 1. The molecular formula is C22H28N6O3. The number of morpholine rings is 1. The monoisotopic (exact) mass is 424 g/mol. The van der Waals surface area contributed by atoms with Crippen molar-refractivity contribution in [3.8, 4) is 5.69 Å². The third kappa shape index (κ3) is 4.24. The maximum Gasteiger partial charge on any atom is 0.278 e. The minimum absolute atomic E-state index is 0.227. The van der Waals surface area contributed by atoms with Crippen LogP contribution in [-0.4, -0.2) is 69.8 Å². The van der Waals surface area contributed by atoms with Crippen LogP contribution in [0.15, 0.2) is 35.1 Å². The van der Waals surface area contributed by atoms with E-state index in [-0.39, 0.29) is 11.5 Å². The first kappa shape index (κ1) is 21.2. The lowest BCUT2D eigenvalue weighted by Crippen LogP contribution is -2.43. The Labute approximate surface area is 180 Å². The predicted molar refractivity (Wildman–Crippen MR) is 118 cm³/mol. The number of hydrogen-bond donors (Lipinski definition) is 1. The van der Waals surface area contributed by atoms with Gasteiger partial charge >= 0.3 is 0 Å². The molecule has 1 atom stereocenters. The van der Waals surface area contributed by atoms with Crippen LogP contribution in [0.3, 0.4) is 0 Å². The number of benzene rings is 1. The van der Waals surface area contributed by atoms with Gasteiger partial charge in [0.25, 0.3) is 5.56 Å². The van der Waals surface area contributed by atoms with Crippen molar-refractivity contribution in [3.63, 3.8) is 0 Å². The van der Waals surface area contributed by atoms with E-state index in [1.165, 1.54) is 4.68 Å². The molecule has 1 aromatic carbocycles. The number of amides is 1. The predicted octanol–water partition coefficient (Wildman–Crippen LogP) is 1.21. The van der Waals surface area contributed by atoms with Gasteiger partial charge in [0.2, 0.25) is 5.91 Å². The summed E-state index contributed by atoms with van der Waals surface area (Å²) in [6.45, 7) is 9.82. The van der Waals surface area contributed by atoms with Crippen LogP contribution in [0.2, 0.25) is 0 Å². The van der Waals surface area contributed by atoms with Crippen molar-refractivity contribution in [2.24, 2.45) is 0 Å². The fourth-order valence-corrected chi connectivity index (χ4v) is 3.88. The van der Waals surface area contributed by atoms with Gasteiger partial charge in [0.05, 0.1) is 35.7 Å². The molecule has 0 bridgehead atoms. The molecule has 1 N–H and O–H groups in total. The number of ether oxygens (including phenoxy) is 1. The molecule has 4 rings (SSSR count). The molecule has 3 aromatic rings. The van der Waals surface area contributed by atoms with Gasteiger partial charge in [-0.25, -0.2) is 9.36 Å². The van der Waals surface area contributed by atoms with Gasteiger partial charge in [-0.2, -0.15) is 10.2 Å². The van der Waals surface area contributed by atoms with Crippen LogP contribution in [0, 0.1) is 13.8 Å². The zero-order valence-electron chi connectivity index (χ0n) is 18.2. The molecule has 0 spiro atoms. The summed E-state index contributed by atoms with van der Waals surface area (Å²) < 4.78 is 8.36. The van der Waals surface area contributed by atoms with Gasteiger partial charge in [-0.1, -0.05) is 18.2 Å². The molecule has 1 saturated heterocycles. The molecule has 3 heterocycles. The molecule has 0 saturated carbocycles. The number of rotatable bonds is 6. The second kappa shape index (κ2) is 8.99. The van der Waals surface area contributed by atoms with Crippen molar-refractivity contribution in [1.29, 1.82) is 0 Å². The lowest BCUT2D eigenvalue weighted by Gasteiger charge is -2.26. The second-order valence-corrected chi connectivity index (χ2v) is 7.81. The SMILES string of the molecule is Cc1nn(C(C)C(=O)NCCN2CCOCC2)c(=O)c2c(C)n(-c3ccccc3)nc12. The van der Waals surface area contributed by atoms with E-state index in [0.29, 0.717) is 23.1 Å². The zero-order valence-corrected chi connectivity index (χ0v) is 18.2. The zero-order chi connectivity index (χ0) is 22.0. The molecule has 31 heavy (non-hydrogen) atoms. The van der Waals surface area contributed by atoms with Crippen LogP contribution in [0.4, 0.5) is 0 Å². The van der Waals surface area contributed by atoms with Crippen LogP contribution in [0.25, 0.3) is 16.6 Å². The molecule has 0 aliphatic carbocycles. The van der Waals surface area contributed by atoms with Crippen molar-refractivity contribution >= 4 is 16.8 Å². The number of aryl methyl sites for hydroxylation is 2. The van der Waals surface area contributed by atoms with E-state index >= 15 is 0 Å². The minimum Gasteiger partial charge on any atom is -0.379 e. The Morgan fingerprint density at radius 2 is 1.87 bits per heavy atom. The van der Waals surface area contributed by atoms with Crippen molar-refractivity contribution < 1.29 is 9.53 Å². The van der Waals surface area contributed by atoms with Crippen LogP contribution >= 0.6 is 0 Å². The smallest absolute Gasteiger partial charge is 0.278 e. The Kier molecular flexibility index (Phi) is 6.15. The molecule has 1 unspecified atom stereocenters. The molecule has 1 amide bonds. The Morgan fingerprint density at radius 1 is 1.16 bits per heavy atom. The first-order valence-electron chi connectivity index (χ1n) is 10.6. The molecule has 9 nitrogen and oxygen atoms in total. The van der Waals surface area contributed by atoms with Crippen molar-refractivity contribution in [2.75, 3.05) is 39.4 Å². The average Bonchev–Trinajstić information content (AvgIpc) is 3.15. The van der Waals surface area contributed by atoms with E-state index < -0.39 is 6.04 Å². The number of aromatic nitrogens is 4. The minimum atomic E-state index is -0.722. The third-order valence-corrected chi connectivity index (χ3v) is 5.72. The fourth-order valence-electron chi connectivity index (χ4n) is 3.88. The summed E-state index contributed by atoms with van der Waals surface area (Å²) in [6.07, 6.45) is 0. The Bertz CT molecular complexity index is 1130. The molecule has 1 fully saturated rings. The van der Waals surface area contributed by atoms with Crippen LogP contribution in [0.1, 0.15) is 24.4 Å². The van der Waals surface area contributed by atoms with E-state index in [4.69, 9.17) is 4.74 Å². The van der Waals surface area contributed by atoms with E-state index in [1.54, 1.807) is 11.6 Å². The van der Waals surface area contributed by atoms with Gasteiger partial charge in [0.15, 0.2) is 0 Å². The molecule has 1 aliphatic heterocycles. The highest BCUT2D eigenvalue weighted by molar-refractivity contribution is 5.84. The van der Waals surface area contributed by atoms with Gasteiger partial charge in [0.1, 0.15) is 11.6 Å². The summed E-state index contributed by atoms with van der Waals surface area (Å²) in [5.41, 5.74) is 2.46. The first-order chi connectivity index (χ1) is 15.0. The number of carbonyl (C=O) groups excluding carboxylic acids is 1. The number of para-hydroxylation sites is 1. The number of nitrogens with one attached hydrogen (secondary N) is 1. The summed E-state index contributed by atoms with van der Waals surface area (Å²) in [6, 6.07) is 8.93. The third-order valence-electron chi connectivity index (χ3n) is 5.72. The maximum absolute atomic E-state index is 13.3. The summed E-state index contributed by atoms with van der Waals surface area (Å²) in [5, 5.41) is 12.4. The average molecular weight is 425 g/mol. The van der Waals surface area contributed by atoms with Gasteiger partial charge in [-0.3, -0.25) is 14.5 Å². The normalized spacial score (nSPS) is 15.8. The topological polar surface area (TPSA) is 94.3 Å². The standard InChI is InChI=1S/C22H28N6O3/c1-15-20-19(16(2)27(25-20)18-7-5-4-6-8-18)22(30)28(24-15)17(3)21(29)23-9-10-26-11-13-31-14-12-26/h4-8,17H,9-14H2,1-3H3,(H,23,29). The molecular weight excluding hydrogens is 396 g/mol. The Hall–Kier alpha value is -3.04. The highest BCUT2D eigenvalue weighted by Gasteiger charge is 2.23. The molecule has 164 valence electrons. The second-order valence-electron chi connectivity index (χ2n) is 7.81. The van der Waals surface area contributed by atoms with Crippen molar-refractivity contribution in [3.05, 3.63) is 52.1 Å². The lowest BCUT2D eigenvalue weighted by atomic mass is 10.2. The van der Waals surface area contributed by atoms with Gasteiger partial charge in [-0.15, -0.1) is 0 Å². The number of hydrogen-bond acceptors (Lipinski definition) is 6. The van der Waals surface area contributed by atoms with Gasteiger partial charge < -0.3 is 10.1 Å². The van der Waals surface area contributed by atoms with Gasteiger partial charge in [0, 0.05) is 26.2 Å². The number of nitrogens with zero attached hydrogens (tertiary/aromatic N) is 5. The Balaban J connectivity index is 1.57. The van der Waals surface area contributed by atoms with Crippen LogP contribution in [-0.2, 0) is 9.53 Å². The molecule has 2 aromatic heterocycles. The summed E-state index contributed by atoms with van der Waals surface area (Å²) >= 11 is 0. The fraction of sp³-hybridized carbons (Fsp3) is 0.455. The summed E-state index contributed by atoms with van der Waals surface area (Å²) in [5.74, 6) is -0.227. The van der Waals surface area contributed by atoms with Crippen LogP contribution in [0.5, 0.6) is 0 Å². The van der Waals surface area contributed by atoms with E-state index in [1.807, 2.05) is 44.2 Å². The molecule has 1 aliphatic rings. The maximum atomic E-state index is 13.3. The van der Waals surface area contributed by atoms with E-state index in [2.05, 4.69) is 20.4 Å². The lowest BCUT2D eigenvalue weighted by molar-refractivity contribution is -0.124. The molecule has 0 radical (unpaired) electrons. The quantitative estimate of drug-likeness (QED) is 0.639. The van der Waals surface area contributed by atoms with Crippen molar-refractivity contribution in [2.45, 2.75) is 26.8 Å². The highest BCUT2D eigenvalue weighted by atomic mass is 16.5. The van der Waals surface area contributed by atoms with Crippen LogP contribution < -0.4 is 10.9 Å². The first-order valence-corrected chi connectivity index (χ1v) is 10.6. The summed E-state index contributed by atoms with van der Waals surface area (Å²) in [7, 11) is 0. The van der Waals surface area contributed by atoms with E-state index in [0.717, 1.165) is 44.2 Å². The molecule has 9 heteroatoms. The number of fused-ring (bicyclic) bond motifs is 1.